The summed E-state index contributed by atoms with van der Waals surface area (Å²) in [5.74, 6) is 0. The van der Waals surface area contributed by atoms with Gasteiger partial charge in [0.2, 0.25) is 0 Å². The molecule has 1 fully saturated rings. The Morgan fingerprint density at radius 1 is 1.32 bits per heavy atom. The molecule has 2 rings (SSSR count). The molecule has 1 aromatic rings. The second-order valence-corrected chi connectivity index (χ2v) is 6.93. The molecule has 2 nitrogen and oxygen atoms in total. The zero-order valence-corrected chi connectivity index (χ0v) is 12.8. The van der Waals surface area contributed by atoms with E-state index in [1.807, 2.05) is 24.3 Å². The third-order valence-corrected chi connectivity index (χ3v) is 4.29. The number of hydrogen-bond acceptors (Lipinski definition) is 2. The van der Waals surface area contributed by atoms with E-state index < -0.39 is 0 Å². The number of halogens is 1. The summed E-state index contributed by atoms with van der Waals surface area (Å²) in [7, 11) is 0. The molecule has 0 aromatic heterocycles. The van der Waals surface area contributed by atoms with Gasteiger partial charge in [0.25, 0.3) is 0 Å². The monoisotopic (exact) mass is 280 g/mol. The first-order valence-corrected chi connectivity index (χ1v) is 7.57. The molecule has 1 saturated heterocycles. The van der Waals surface area contributed by atoms with E-state index in [1.165, 1.54) is 31.5 Å². The Bertz CT molecular complexity index is 400. The molecular formula is C16H25ClN2. The number of benzene rings is 1. The van der Waals surface area contributed by atoms with Crippen LogP contribution >= 0.6 is 11.6 Å². The predicted molar refractivity (Wildman–Crippen MR) is 82.5 cm³/mol. The number of hydrogen-bond donors (Lipinski definition) is 1. The van der Waals surface area contributed by atoms with Gasteiger partial charge in [-0.3, -0.25) is 0 Å². The van der Waals surface area contributed by atoms with Gasteiger partial charge >= 0.3 is 0 Å². The van der Waals surface area contributed by atoms with Crippen LogP contribution in [0.3, 0.4) is 0 Å². The number of nitrogens with zero attached hydrogens (tertiary/aromatic N) is 1. The van der Waals surface area contributed by atoms with Crippen LogP contribution < -0.4 is 5.73 Å². The van der Waals surface area contributed by atoms with E-state index in [0.717, 1.165) is 18.0 Å². The molecule has 1 aromatic carbocycles. The smallest absolute Gasteiger partial charge is 0.0406 e. The second-order valence-electron chi connectivity index (χ2n) is 6.49. The quantitative estimate of drug-likeness (QED) is 0.908. The average Bonchev–Trinajstić information content (AvgIpc) is 2.36. The van der Waals surface area contributed by atoms with Gasteiger partial charge in [-0.05, 0) is 55.5 Å². The fourth-order valence-electron chi connectivity index (χ4n) is 2.93. The highest BCUT2D eigenvalue weighted by atomic mass is 35.5. The number of nitrogens with two attached hydrogens (primary N) is 1. The molecule has 1 atom stereocenters. The van der Waals surface area contributed by atoms with Crippen LogP contribution in [0.1, 0.15) is 44.7 Å². The van der Waals surface area contributed by atoms with Crippen LogP contribution in [0, 0.1) is 5.41 Å². The summed E-state index contributed by atoms with van der Waals surface area (Å²) in [5, 5.41) is 0.772. The highest BCUT2D eigenvalue weighted by molar-refractivity contribution is 6.30. The minimum atomic E-state index is 0.113. The van der Waals surface area contributed by atoms with Crippen LogP contribution in [0.5, 0.6) is 0 Å². The van der Waals surface area contributed by atoms with Crippen molar-refractivity contribution in [3.05, 3.63) is 34.9 Å². The zero-order chi connectivity index (χ0) is 13.9. The Labute approximate surface area is 121 Å². The maximum atomic E-state index is 6.26. The fourth-order valence-corrected chi connectivity index (χ4v) is 3.06. The van der Waals surface area contributed by atoms with Gasteiger partial charge < -0.3 is 10.6 Å². The molecule has 19 heavy (non-hydrogen) atoms. The lowest BCUT2D eigenvalue weighted by Gasteiger charge is -2.38. The van der Waals surface area contributed by atoms with Gasteiger partial charge in [0.15, 0.2) is 0 Å². The molecule has 0 aliphatic carbocycles. The van der Waals surface area contributed by atoms with Gasteiger partial charge in [-0.25, -0.2) is 0 Å². The van der Waals surface area contributed by atoms with Crippen LogP contribution in [0.4, 0.5) is 0 Å². The first-order chi connectivity index (χ1) is 8.96. The van der Waals surface area contributed by atoms with Crippen molar-refractivity contribution in [3.63, 3.8) is 0 Å². The average molecular weight is 281 g/mol. The van der Waals surface area contributed by atoms with Crippen LogP contribution in [0.2, 0.25) is 5.02 Å². The fraction of sp³-hybridized carbons (Fsp3) is 0.625. The van der Waals surface area contributed by atoms with Gasteiger partial charge in [0, 0.05) is 17.6 Å². The van der Waals surface area contributed by atoms with Gasteiger partial charge in [0.05, 0.1) is 0 Å². The normalized spacial score (nSPS) is 21.3. The first kappa shape index (κ1) is 14.8. The topological polar surface area (TPSA) is 29.3 Å². The Morgan fingerprint density at radius 2 is 2.00 bits per heavy atom. The Balaban J connectivity index is 1.83. The highest BCUT2D eigenvalue weighted by Crippen LogP contribution is 2.29. The standard InChI is InChI=1S/C16H25ClN2/c1-16(2)9-3-10-19(12-16)11-8-15(18)13-4-6-14(17)7-5-13/h4-7,15H,3,8-12,18H2,1-2H3. The van der Waals surface area contributed by atoms with Crippen molar-refractivity contribution in [1.29, 1.82) is 0 Å². The molecule has 1 aliphatic rings. The van der Waals surface area contributed by atoms with E-state index in [4.69, 9.17) is 17.3 Å². The third kappa shape index (κ3) is 4.48. The summed E-state index contributed by atoms with van der Waals surface area (Å²) in [6.07, 6.45) is 3.66. The van der Waals surface area contributed by atoms with Crippen molar-refractivity contribution >= 4 is 11.6 Å². The van der Waals surface area contributed by atoms with E-state index in [-0.39, 0.29) is 6.04 Å². The number of piperidine rings is 1. The molecule has 0 spiro atoms. The van der Waals surface area contributed by atoms with Crippen molar-refractivity contribution in [1.82, 2.24) is 4.90 Å². The Morgan fingerprint density at radius 3 is 2.63 bits per heavy atom. The van der Waals surface area contributed by atoms with Gasteiger partial charge in [-0.1, -0.05) is 37.6 Å². The third-order valence-electron chi connectivity index (χ3n) is 4.03. The minimum Gasteiger partial charge on any atom is -0.324 e. The molecule has 0 saturated carbocycles. The van der Waals surface area contributed by atoms with Crippen LogP contribution in [0.15, 0.2) is 24.3 Å². The highest BCUT2D eigenvalue weighted by Gasteiger charge is 2.26. The summed E-state index contributed by atoms with van der Waals surface area (Å²) >= 11 is 5.90. The van der Waals surface area contributed by atoms with Crippen molar-refractivity contribution in [2.24, 2.45) is 11.1 Å². The maximum absolute atomic E-state index is 6.26. The number of likely N-dealkylation sites (tertiary alicyclic amines) is 1. The van der Waals surface area contributed by atoms with Gasteiger partial charge in [-0.2, -0.15) is 0 Å². The number of rotatable bonds is 4. The van der Waals surface area contributed by atoms with Crippen LogP contribution in [-0.4, -0.2) is 24.5 Å². The Hall–Kier alpha value is -0.570. The molecule has 1 unspecified atom stereocenters. The lowest BCUT2D eigenvalue weighted by Crippen LogP contribution is -2.41. The van der Waals surface area contributed by atoms with Crippen LogP contribution in [-0.2, 0) is 0 Å². The summed E-state index contributed by atoms with van der Waals surface area (Å²) in [6, 6.07) is 8.02. The van der Waals surface area contributed by atoms with E-state index >= 15 is 0 Å². The molecule has 1 heterocycles. The summed E-state index contributed by atoms with van der Waals surface area (Å²) in [6.45, 7) is 8.22. The maximum Gasteiger partial charge on any atom is 0.0406 e. The van der Waals surface area contributed by atoms with Crippen LogP contribution in [0.25, 0.3) is 0 Å². The lowest BCUT2D eigenvalue weighted by molar-refractivity contribution is 0.115. The molecule has 3 heteroatoms. The van der Waals surface area contributed by atoms with Crippen molar-refractivity contribution in [2.45, 2.75) is 39.2 Å². The molecule has 2 N–H and O–H groups in total. The first-order valence-electron chi connectivity index (χ1n) is 7.20. The van der Waals surface area contributed by atoms with E-state index in [0.29, 0.717) is 5.41 Å². The zero-order valence-electron chi connectivity index (χ0n) is 12.0. The molecule has 1 aliphatic heterocycles. The largest absolute Gasteiger partial charge is 0.324 e. The Kier molecular flexibility index (Phi) is 4.88. The molecule has 0 amide bonds. The summed E-state index contributed by atoms with van der Waals surface area (Å²) in [5.41, 5.74) is 7.90. The van der Waals surface area contributed by atoms with E-state index in [9.17, 15) is 0 Å². The van der Waals surface area contributed by atoms with Gasteiger partial charge in [-0.15, -0.1) is 0 Å². The SMILES string of the molecule is CC1(C)CCCN(CCC(N)c2ccc(Cl)cc2)C1. The second kappa shape index (κ2) is 6.25. The van der Waals surface area contributed by atoms with E-state index in [2.05, 4.69) is 18.7 Å². The van der Waals surface area contributed by atoms with Gasteiger partial charge in [0.1, 0.15) is 0 Å². The van der Waals surface area contributed by atoms with E-state index in [1.54, 1.807) is 0 Å². The lowest BCUT2D eigenvalue weighted by atomic mass is 9.84. The van der Waals surface area contributed by atoms with Crippen molar-refractivity contribution in [2.75, 3.05) is 19.6 Å². The molecule has 0 radical (unpaired) electrons. The predicted octanol–water partition coefficient (Wildman–Crippen LogP) is 3.85. The molecule has 106 valence electrons. The minimum absolute atomic E-state index is 0.113. The molecule has 0 bridgehead atoms. The van der Waals surface area contributed by atoms with Crippen molar-refractivity contribution < 1.29 is 0 Å². The summed E-state index contributed by atoms with van der Waals surface area (Å²) < 4.78 is 0. The summed E-state index contributed by atoms with van der Waals surface area (Å²) in [4.78, 5) is 2.55. The van der Waals surface area contributed by atoms with Crippen molar-refractivity contribution in [3.8, 4) is 0 Å². The molecular weight excluding hydrogens is 256 g/mol.